The van der Waals surface area contributed by atoms with Crippen molar-refractivity contribution in [1.82, 2.24) is 0 Å². The minimum absolute atomic E-state index is 0.395. The fourth-order valence-corrected chi connectivity index (χ4v) is 0.926. The van der Waals surface area contributed by atoms with E-state index in [1.165, 1.54) is 6.26 Å². The lowest BCUT2D eigenvalue weighted by molar-refractivity contribution is 0.613. The van der Waals surface area contributed by atoms with Crippen molar-refractivity contribution in [2.75, 3.05) is 12.0 Å². The van der Waals surface area contributed by atoms with Crippen LogP contribution in [0.4, 0.5) is 0 Å². The Balaban J connectivity index is 4.01. The van der Waals surface area contributed by atoms with Crippen LogP contribution in [0.2, 0.25) is 0 Å². The summed E-state index contributed by atoms with van der Waals surface area (Å²) in [4.78, 5) is 0. The summed E-state index contributed by atoms with van der Waals surface area (Å²) in [5, 5.41) is 7.89. The molecule has 0 aromatic heterocycles. The molecule has 0 aliphatic carbocycles. The molecule has 0 amide bonds. The maximum atomic E-state index is 10.3. The maximum absolute atomic E-state index is 10.3. The van der Waals surface area contributed by atoms with Crippen molar-refractivity contribution in [2.24, 2.45) is 0 Å². The standard InChI is InChI=1S/C3H5NO2S2/c1-7-8(5,6)3-2-4/h3H2,1H3. The lowest BCUT2D eigenvalue weighted by Gasteiger charge is -1.86. The predicted molar refractivity (Wildman–Crippen MR) is 32.9 cm³/mol. The maximum Gasteiger partial charge on any atom is 0.214 e. The Hall–Kier alpha value is -0.210. The van der Waals surface area contributed by atoms with Gasteiger partial charge in [-0.25, -0.2) is 8.42 Å². The highest BCUT2D eigenvalue weighted by molar-refractivity contribution is 8.71. The summed E-state index contributed by atoms with van der Waals surface area (Å²) in [7, 11) is -2.41. The topological polar surface area (TPSA) is 57.9 Å². The molecule has 0 fully saturated rings. The zero-order chi connectivity index (χ0) is 6.62. The van der Waals surface area contributed by atoms with Crippen molar-refractivity contribution < 1.29 is 8.42 Å². The number of hydrogen-bond acceptors (Lipinski definition) is 4. The zero-order valence-corrected chi connectivity index (χ0v) is 5.92. The zero-order valence-electron chi connectivity index (χ0n) is 4.29. The van der Waals surface area contributed by atoms with Crippen molar-refractivity contribution in [1.29, 1.82) is 5.26 Å². The van der Waals surface area contributed by atoms with Gasteiger partial charge in [0.1, 0.15) is 5.75 Å². The van der Waals surface area contributed by atoms with Gasteiger partial charge in [-0.2, -0.15) is 5.26 Å². The average molecular weight is 151 g/mol. The Morgan fingerprint density at radius 2 is 2.25 bits per heavy atom. The predicted octanol–water partition coefficient (Wildman–Crippen LogP) is 0.203. The van der Waals surface area contributed by atoms with Gasteiger partial charge in [0.2, 0.25) is 8.87 Å². The minimum atomic E-state index is -3.11. The molecule has 0 aliphatic heterocycles. The summed E-state index contributed by atoms with van der Waals surface area (Å²) < 4.78 is 20.7. The highest BCUT2D eigenvalue weighted by atomic mass is 33.1. The Morgan fingerprint density at radius 3 is 2.38 bits per heavy atom. The van der Waals surface area contributed by atoms with Gasteiger partial charge in [0, 0.05) is 0 Å². The second-order valence-electron chi connectivity index (χ2n) is 1.03. The van der Waals surface area contributed by atoms with Gasteiger partial charge < -0.3 is 0 Å². The Kier molecular flexibility index (Phi) is 2.87. The summed E-state index contributed by atoms with van der Waals surface area (Å²) in [5.74, 6) is -0.395. The first-order valence-electron chi connectivity index (χ1n) is 1.77. The largest absolute Gasteiger partial charge is 0.216 e. The van der Waals surface area contributed by atoms with E-state index in [2.05, 4.69) is 0 Å². The van der Waals surface area contributed by atoms with Gasteiger partial charge in [-0.15, -0.1) is 0 Å². The van der Waals surface area contributed by atoms with E-state index in [9.17, 15) is 8.42 Å². The number of rotatable bonds is 2. The van der Waals surface area contributed by atoms with Gasteiger partial charge in [0.25, 0.3) is 0 Å². The molecule has 0 N–H and O–H groups in total. The van der Waals surface area contributed by atoms with E-state index in [0.717, 1.165) is 0 Å². The second kappa shape index (κ2) is 2.95. The first-order chi connectivity index (χ1) is 3.62. The molecule has 0 heterocycles. The first-order valence-corrected chi connectivity index (χ1v) is 5.17. The molecule has 0 radical (unpaired) electrons. The monoisotopic (exact) mass is 151 g/mol. The molecule has 0 aliphatic rings. The van der Waals surface area contributed by atoms with Crippen molar-refractivity contribution >= 4 is 19.7 Å². The van der Waals surface area contributed by atoms with Crippen LogP contribution < -0.4 is 0 Å². The van der Waals surface area contributed by atoms with Gasteiger partial charge in [-0.1, -0.05) is 0 Å². The normalized spacial score (nSPS) is 10.5. The van der Waals surface area contributed by atoms with Crippen LogP contribution in [-0.2, 0) is 8.87 Å². The van der Waals surface area contributed by atoms with Crippen LogP contribution >= 0.6 is 10.8 Å². The summed E-state index contributed by atoms with van der Waals surface area (Å²) in [6.45, 7) is 0. The molecular formula is C3H5NO2S2. The fraction of sp³-hybridized carbons (Fsp3) is 0.667. The summed E-state index contributed by atoms with van der Waals surface area (Å²) in [6, 6.07) is 1.55. The molecule has 0 atom stereocenters. The minimum Gasteiger partial charge on any atom is -0.216 e. The average Bonchev–Trinajstić information content (AvgIpc) is 1.67. The molecule has 46 valence electrons. The van der Waals surface area contributed by atoms with Crippen LogP contribution in [0, 0.1) is 11.3 Å². The fourth-order valence-electron chi connectivity index (χ4n) is 0.138. The van der Waals surface area contributed by atoms with E-state index in [1.807, 2.05) is 0 Å². The van der Waals surface area contributed by atoms with Crippen LogP contribution in [-0.4, -0.2) is 20.4 Å². The Bertz CT molecular complexity index is 188. The van der Waals surface area contributed by atoms with E-state index >= 15 is 0 Å². The Labute approximate surface area is 52.0 Å². The van der Waals surface area contributed by atoms with Crippen LogP contribution in [0.5, 0.6) is 0 Å². The van der Waals surface area contributed by atoms with Gasteiger partial charge >= 0.3 is 0 Å². The van der Waals surface area contributed by atoms with E-state index in [1.54, 1.807) is 6.07 Å². The molecule has 8 heavy (non-hydrogen) atoms. The third-order valence-corrected chi connectivity index (χ3v) is 3.36. The lowest BCUT2D eigenvalue weighted by Crippen LogP contribution is -1.95. The molecule has 3 nitrogen and oxygen atoms in total. The van der Waals surface area contributed by atoms with Crippen molar-refractivity contribution in [3.63, 3.8) is 0 Å². The molecule has 0 spiro atoms. The molecule has 5 heteroatoms. The molecule has 0 rings (SSSR count). The van der Waals surface area contributed by atoms with Crippen LogP contribution in [0.15, 0.2) is 0 Å². The summed E-state index contributed by atoms with van der Waals surface area (Å²) in [5.41, 5.74) is 0. The van der Waals surface area contributed by atoms with Gasteiger partial charge in [-0.05, 0) is 17.0 Å². The Morgan fingerprint density at radius 1 is 1.75 bits per heavy atom. The number of nitriles is 1. The van der Waals surface area contributed by atoms with Crippen molar-refractivity contribution in [3.8, 4) is 6.07 Å². The van der Waals surface area contributed by atoms with Crippen molar-refractivity contribution in [2.45, 2.75) is 0 Å². The van der Waals surface area contributed by atoms with Crippen LogP contribution in [0.25, 0.3) is 0 Å². The number of hydrogen-bond donors (Lipinski definition) is 0. The second-order valence-corrected chi connectivity index (χ2v) is 5.29. The van der Waals surface area contributed by atoms with E-state index in [4.69, 9.17) is 5.26 Å². The molecular weight excluding hydrogens is 146 g/mol. The molecule has 0 unspecified atom stereocenters. The number of nitrogens with zero attached hydrogens (tertiary/aromatic N) is 1. The molecule has 0 aromatic rings. The molecule has 0 saturated heterocycles. The van der Waals surface area contributed by atoms with Gasteiger partial charge in [0.15, 0.2) is 0 Å². The van der Waals surface area contributed by atoms with E-state index in [0.29, 0.717) is 10.8 Å². The summed E-state index contributed by atoms with van der Waals surface area (Å²) in [6.07, 6.45) is 1.44. The van der Waals surface area contributed by atoms with Crippen LogP contribution in [0.1, 0.15) is 0 Å². The van der Waals surface area contributed by atoms with Gasteiger partial charge in [-0.3, -0.25) is 0 Å². The highest BCUT2D eigenvalue weighted by Crippen LogP contribution is 2.05. The highest BCUT2D eigenvalue weighted by Gasteiger charge is 2.04. The van der Waals surface area contributed by atoms with E-state index in [-0.39, 0.29) is 0 Å². The van der Waals surface area contributed by atoms with Crippen LogP contribution in [0.3, 0.4) is 0 Å². The quantitative estimate of drug-likeness (QED) is 0.529. The van der Waals surface area contributed by atoms with Gasteiger partial charge in [0.05, 0.1) is 6.07 Å². The summed E-state index contributed by atoms with van der Waals surface area (Å²) >= 11 is 0. The molecule has 0 bridgehead atoms. The van der Waals surface area contributed by atoms with Crippen molar-refractivity contribution in [3.05, 3.63) is 0 Å². The van der Waals surface area contributed by atoms with E-state index < -0.39 is 14.6 Å². The third kappa shape index (κ3) is 2.88. The molecule has 0 saturated carbocycles. The first kappa shape index (κ1) is 7.79. The lowest BCUT2D eigenvalue weighted by atomic mass is 10.9. The smallest absolute Gasteiger partial charge is 0.214 e. The third-order valence-electron chi connectivity index (χ3n) is 0.495. The SMILES string of the molecule is CSS(=O)(=O)CC#N. The molecule has 0 aromatic carbocycles.